The Hall–Kier alpha value is -3.74. The van der Waals surface area contributed by atoms with E-state index in [1.807, 2.05) is 50.4 Å². The van der Waals surface area contributed by atoms with Gasteiger partial charge in [0, 0.05) is 6.42 Å². The number of benzene rings is 2. The van der Waals surface area contributed by atoms with Crippen LogP contribution in [0.25, 0.3) is 0 Å². The Morgan fingerprint density at radius 3 is 2.30 bits per heavy atom. The topological polar surface area (TPSA) is 191 Å². The zero-order valence-corrected chi connectivity index (χ0v) is 26.5. The summed E-state index contributed by atoms with van der Waals surface area (Å²) in [5.74, 6) is -2.87. The lowest BCUT2D eigenvalue weighted by atomic mass is 9.78. The van der Waals surface area contributed by atoms with E-state index in [2.05, 4.69) is 15.4 Å². The molecular formula is C32H44N4O7S. The molecule has 0 aromatic heterocycles. The number of aliphatic carboxylic acids is 1. The van der Waals surface area contributed by atoms with E-state index in [-0.39, 0.29) is 18.3 Å². The molecule has 2 amide bonds. The number of fused-ring (bicyclic) bond motifs is 1. The third-order valence-corrected chi connectivity index (χ3v) is 8.06. The number of carboxylic acid groups (broad SMARTS) is 1. The fraction of sp³-hybridized carbons (Fsp3) is 0.469. The molecule has 5 unspecified atom stereocenters. The van der Waals surface area contributed by atoms with Crippen molar-refractivity contribution in [3.8, 4) is 0 Å². The van der Waals surface area contributed by atoms with Crippen molar-refractivity contribution < 1.29 is 33.8 Å². The molecule has 5 atom stereocenters. The molecule has 0 saturated carbocycles. The number of carbonyl (C=O) groups is 5. The zero-order chi connectivity index (χ0) is 32.9. The highest BCUT2D eigenvalue weighted by molar-refractivity contribution is 7.98. The van der Waals surface area contributed by atoms with Gasteiger partial charge < -0.3 is 31.9 Å². The van der Waals surface area contributed by atoms with Crippen LogP contribution in [-0.4, -0.2) is 77.9 Å². The second kappa shape index (κ2) is 17.5. The number of hydrogen-bond acceptors (Lipinski definition) is 9. The van der Waals surface area contributed by atoms with Crippen molar-refractivity contribution in [3.63, 3.8) is 0 Å². The molecule has 1 aliphatic rings. The summed E-state index contributed by atoms with van der Waals surface area (Å²) in [4.78, 5) is 60.5. The van der Waals surface area contributed by atoms with Crippen LogP contribution in [0.2, 0.25) is 0 Å². The lowest BCUT2D eigenvalue weighted by Gasteiger charge is -2.31. The Morgan fingerprint density at radius 1 is 1.09 bits per heavy atom. The number of nitrogens with two attached hydrogens (primary N) is 2. The van der Waals surface area contributed by atoms with Crippen molar-refractivity contribution in [2.75, 3.05) is 19.1 Å². The molecule has 2 aromatic rings. The molecule has 11 nitrogen and oxygen atoms in total. The van der Waals surface area contributed by atoms with Gasteiger partial charge in [0.1, 0.15) is 17.6 Å². The normalized spacial score (nSPS) is 18.9. The minimum atomic E-state index is -1.78. The predicted molar refractivity (Wildman–Crippen MR) is 170 cm³/mol. The Balaban J connectivity index is 0.000000432. The van der Waals surface area contributed by atoms with Crippen LogP contribution in [0, 0.1) is 5.92 Å². The largest absolute Gasteiger partial charge is 0.480 e. The summed E-state index contributed by atoms with van der Waals surface area (Å²) >= 11 is 1.54. The quantitative estimate of drug-likeness (QED) is 0.144. The Morgan fingerprint density at radius 2 is 1.73 bits per heavy atom. The van der Waals surface area contributed by atoms with E-state index in [0.717, 1.165) is 11.1 Å². The van der Waals surface area contributed by atoms with Gasteiger partial charge in [-0.3, -0.25) is 24.0 Å². The average molecular weight is 629 g/mol. The molecule has 0 fully saturated rings. The maximum Gasteiger partial charge on any atom is 0.325 e. The van der Waals surface area contributed by atoms with Crippen LogP contribution >= 0.6 is 11.8 Å². The van der Waals surface area contributed by atoms with E-state index in [0.29, 0.717) is 37.0 Å². The molecule has 0 heterocycles. The molecule has 1 aliphatic carbocycles. The third-order valence-electron chi connectivity index (χ3n) is 7.41. The van der Waals surface area contributed by atoms with Crippen LogP contribution in [-0.2, 0) is 41.6 Å². The maximum atomic E-state index is 13.6. The number of hydrogen-bond donors (Lipinski definition) is 5. The lowest BCUT2D eigenvalue weighted by molar-refractivity contribution is -0.146. The second-order valence-electron chi connectivity index (χ2n) is 11.2. The van der Waals surface area contributed by atoms with E-state index in [1.165, 1.54) is 7.11 Å². The lowest BCUT2D eigenvalue weighted by Crippen LogP contribution is -2.58. The monoisotopic (exact) mass is 628 g/mol. The van der Waals surface area contributed by atoms with E-state index in [9.17, 15) is 29.1 Å². The number of amides is 2. The van der Waals surface area contributed by atoms with Gasteiger partial charge in [-0.05, 0) is 53.9 Å². The van der Waals surface area contributed by atoms with E-state index in [4.69, 9.17) is 11.5 Å². The number of ether oxygens (including phenoxy) is 1. The number of ketones is 1. The molecule has 240 valence electrons. The van der Waals surface area contributed by atoms with Gasteiger partial charge in [-0.1, -0.05) is 68.4 Å². The highest BCUT2D eigenvalue weighted by atomic mass is 32.2. The van der Waals surface area contributed by atoms with Gasteiger partial charge in [0.25, 0.3) is 0 Å². The van der Waals surface area contributed by atoms with E-state index < -0.39 is 47.2 Å². The molecule has 44 heavy (non-hydrogen) atoms. The molecule has 0 spiro atoms. The summed E-state index contributed by atoms with van der Waals surface area (Å²) in [5, 5.41) is 15.1. The smallest absolute Gasteiger partial charge is 0.325 e. The van der Waals surface area contributed by atoms with Crippen molar-refractivity contribution in [1.82, 2.24) is 10.6 Å². The molecular weight excluding hydrogens is 584 g/mol. The summed E-state index contributed by atoms with van der Waals surface area (Å²) in [6.07, 6.45) is 3.66. The first-order valence-electron chi connectivity index (χ1n) is 14.4. The fourth-order valence-electron chi connectivity index (χ4n) is 5.18. The first-order valence-corrected chi connectivity index (χ1v) is 15.8. The molecule has 0 bridgehead atoms. The second-order valence-corrected chi connectivity index (χ2v) is 12.2. The molecule has 7 N–H and O–H groups in total. The van der Waals surface area contributed by atoms with Crippen molar-refractivity contribution in [3.05, 3.63) is 71.3 Å². The average Bonchev–Trinajstić information content (AvgIpc) is 3.31. The summed E-state index contributed by atoms with van der Waals surface area (Å²) in [6, 6.07) is 14.4. The number of thioether (sulfide) groups is 1. The number of carboxylic acids is 1. The van der Waals surface area contributed by atoms with Gasteiger partial charge in [-0.25, -0.2) is 0 Å². The van der Waals surface area contributed by atoms with Gasteiger partial charge in [-0.2, -0.15) is 11.8 Å². The SMILES string of the molecule is COC(=O)C(N)Cc1ccccc1.CSCCC(NC=O)C(=O)NC(CC(C)C)C(=O)C1c2ccccc2CC1(N)C(=O)O. The van der Waals surface area contributed by atoms with Crippen LogP contribution in [0.5, 0.6) is 0 Å². The molecule has 2 aromatic carbocycles. The predicted octanol–water partition coefficient (Wildman–Crippen LogP) is 1.81. The number of methoxy groups -OCH3 is 1. The summed E-state index contributed by atoms with van der Waals surface area (Å²) in [6.45, 7) is 3.83. The molecule has 3 rings (SSSR count). The molecule has 0 aliphatic heterocycles. The number of esters is 1. The van der Waals surface area contributed by atoms with Crippen LogP contribution < -0.4 is 22.1 Å². The number of rotatable bonds is 15. The first kappa shape index (κ1) is 36.5. The van der Waals surface area contributed by atoms with E-state index in [1.54, 1.807) is 36.0 Å². The van der Waals surface area contributed by atoms with Crippen LogP contribution in [0.3, 0.4) is 0 Å². The van der Waals surface area contributed by atoms with Crippen LogP contribution in [0.15, 0.2) is 54.6 Å². The molecule has 12 heteroatoms. The first-order chi connectivity index (χ1) is 20.9. The minimum Gasteiger partial charge on any atom is -0.480 e. The zero-order valence-electron chi connectivity index (χ0n) is 25.7. The Kier molecular flexibility index (Phi) is 14.5. The highest BCUT2D eigenvalue weighted by Gasteiger charge is 2.53. The fourth-order valence-corrected chi connectivity index (χ4v) is 5.65. The van der Waals surface area contributed by atoms with Gasteiger partial charge in [0.15, 0.2) is 5.78 Å². The minimum absolute atomic E-state index is 0.0420. The van der Waals surface area contributed by atoms with Crippen LogP contribution in [0.1, 0.15) is 49.3 Å². The summed E-state index contributed by atoms with van der Waals surface area (Å²) in [7, 11) is 1.34. The standard InChI is InChI=1S/C22H31N3O5S.C10H13NO2/c1-13(2)10-17(25-20(28)16(24-12-26)8-9-31-3)19(27)18-15-7-5-4-6-14(15)11-22(18,23)21(29)30;1-13-10(12)9(11)7-8-5-3-2-4-6-8/h4-7,12-13,16-18H,8-11,23H2,1-3H3,(H,24,26)(H,25,28)(H,29,30);2-6,9H,7,11H2,1H3. The maximum absolute atomic E-state index is 13.6. The van der Waals surface area contributed by atoms with Crippen molar-refractivity contribution >= 4 is 41.8 Å². The number of nitrogens with one attached hydrogen (secondary N) is 2. The third kappa shape index (κ3) is 9.90. The Labute approximate surface area is 262 Å². The van der Waals surface area contributed by atoms with Crippen LogP contribution in [0.4, 0.5) is 0 Å². The van der Waals surface area contributed by atoms with Crippen molar-refractivity contribution in [2.45, 2.75) is 69.1 Å². The number of Topliss-reactive ketones (excluding diaryl/α,β-unsaturated/α-hetero) is 1. The van der Waals surface area contributed by atoms with Crippen molar-refractivity contribution in [2.24, 2.45) is 17.4 Å². The molecule has 0 saturated heterocycles. The molecule has 0 radical (unpaired) electrons. The number of carbonyl (C=O) groups excluding carboxylic acids is 4. The highest BCUT2D eigenvalue weighted by Crippen LogP contribution is 2.41. The van der Waals surface area contributed by atoms with Gasteiger partial charge >= 0.3 is 11.9 Å². The summed E-state index contributed by atoms with van der Waals surface area (Å²) < 4.78 is 4.52. The van der Waals surface area contributed by atoms with Crippen molar-refractivity contribution in [1.29, 1.82) is 0 Å². The van der Waals surface area contributed by atoms with Gasteiger partial charge in [-0.15, -0.1) is 0 Å². The summed E-state index contributed by atoms with van der Waals surface area (Å²) in [5.41, 5.74) is 12.4. The Bertz CT molecular complexity index is 1280. The van der Waals surface area contributed by atoms with Gasteiger partial charge in [0.05, 0.1) is 19.1 Å². The van der Waals surface area contributed by atoms with Gasteiger partial charge in [0.2, 0.25) is 12.3 Å². The van der Waals surface area contributed by atoms with E-state index >= 15 is 0 Å².